The number of hydrogen-bond donors (Lipinski definition) is 2. The summed E-state index contributed by atoms with van der Waals surface area (Å²) in [6.45, 7) is 4.68. The predicted octanol–water partition coefficient (Wildman–Crippen LogP) is 4.37. The Labute approximate surface area is 144 Å². The van der Waals surface area contributed by atoms with Gasteiger partial charge in [0.1, 0.15) is 17.0 Å². The van der Waals surface area contributed by atoms with Crippen molar-refractivity contribution in [3.63, 3.8) is 0 Å². The Bertz CT molecular complexity index is 856. The molecule has 0 saturated carbocycles. The van der Waals surface area contributed by atoms with Gasteiger partial charge in [-0.3, -0.25) is 4.79 Å². The van der Waals surface area contributed by atoms with E-state index in [1.54, 1.807) is 11.3 Å². The largest absolute Gasteiger partial charge is 0.481 e. The van der Waals surface area contributed by atoms with E-state index in [1.165, 1.54) is 11.9 Å². The molecule has 0 spiro atoms. The lowest BCUT2D eigenvalue weighted by atomic mass is 9.99. The fraction of sp³-hybridized carbons (Fsp3) is 0.278. The van der Waals surface area contributed by atoms with Gasteiger partial charge in [0.05, 0.1) is 11.8 Å². The zero-order valence-electron chi connectivity index (χ0n) is 13.6. The van der Waals surface area contributed by atoms with Crippen LogP contribution in [0, 0.1) is 0 Å². The maximum Gasteiger partial charge on any atom is 0.305 e. The molecule has 0 bridgehead atoms. The molecule has 5 nitrogen and oxygen atoms in total. The molecule has 0 saturated heterocycles. The second kappa shape index (κ2) is 6.97. The van der Waals surface area contributed by atoms with Gasteiger partial charge in [-0.25, -0.2) is 9.97 Å². The molecule has 0 radical (unpaired) electrons. The molecular formula is C18H19N3O2S. The third-order valence-electron chi connectivity index (χ3n) is 3.89. The summed E-state index contributed by atoms with van der Waals surface area (Å²) in [5, 5.41) is 14.9. The minimum absolute atomic E-state index is 0.0497. The topological polar surface area (TPSA) is 75.1 Å². The van der Waals surface area contributed by atoms with Crippen molar-refractivity contribution >= 4 is 33.3 Å². The molecule has 0 fully saturated rings. The number of anilines is 1. The molecule has 2 heterocycles. The van der Waals surface area contributed by atoms with Crippen LogP contribution in [-0.2, 0) is 4.79 Å². The van der Waals surface area contributed by atoms with Crippen LogP contribution in [0.25, 0.3) is 21.3 Å². The van der Waals surface area contributed by atoms with Crippen LogP contribution in [-0.4, -0.2) is 27.6 Å². The molecule has 0 unspecified atom stereocenters. The third-order valence-corrected chi connectivity index (χ3v) is 4.78. The number of thiophene rings is 1. The fourth-order valence-corrected chi connectivity index (χ4v) is 3.47. The summed E-state index contributed by atoms with van der Waals surface area (Å²) in [7, 11) is 0. The number of aromatic nitrogens is 2. The van der Waals surface area contributed by atoms with Gasteiger partial charge in [0.15, 0.2) is 0 Å². The number of nitrogens with zero attached hydrogens (tertiary/aromatic N) is 2. The maximum atomic E-state index is 10.7. The quantitative estimate of drug-likeness (QED) is 0.696. The highest BCUT2D eigenvalue weighted by Crippen LogP contribution is 2.36. The molecule has 0 aliphatic carbocycles. The standard InChI is InChI=1S/C18H19N3O2S/c1-11(2)12-3-5-13(6-4-12)14-9-24-18-16(14)17(20-10-21-18)19-8-7-15(22)23/h3-6,9-11H,7-8H2,1-2H3,(H,22,23)(H,19,20,21). The molecule has 6 heteroatoms. The fourth-order valence-electron chi connectivity index (χ4n) is 2.56. The number of rotatable bonds is 6. The van der Waals surface area contributed by atoms with Crippen LogP contribution >= 0.6 is 11.3 Å². The van der Waals surface area contributed by atoms with Crippen molar-refractivity contribution in [1.82, 2.24) is 9.97 Å². The van der Waals surface area contributed by atoms with Crippen molar-refractivity contribution in [2.24, 2.45) is 0 Å². The number of carbonyl (C=O) groups is 1. The van der Waals surface area contributed by atoms with E-state index in [-0.39, 0.29) is 6.42 Å². The number of benzene rings is 1. The van der Waals surface area contributed by atoms with Crippen molar-refractivity contribution < 1.29 is 9.90 Å². The summed E-state index contributed by atoms with van der Waals surface area (Å²) in [5.41, 5.74) is 3.49. The van der Waals surface area contributed by atoms with Crippen LogP contribution in [0.3, 0.4) is 0 Å². The van der Waals surface area contributed by atoms with Crippen LogP contribution in [0.5, 0.6) is 0 Å². The lowest BCUT2D eigenvalue weighted by Crippen LogP contribution is -2.09. The molecular weight excluding hydrogens is 322 g/mol. The molecule has 3 rings (SSSR count). The van der Waals surface area contributed by atoms with Crippen molar-refractivity contribution in [3.05, 3.63) is 41.5 Å². The van der Waals surface area contributed by atoms with E-state index < -0.39 is 5.97 Å². The van der Waals surface area contributed by atoms with Crippen molar-refractivity contribution in [2.45, 2.75) is 26.2 Å². The van der Waals surface area contributed by atoms with Crippen LogP contribution < -0.4 is 5.32 Å². The molecule has 0 aliphatic rings. The van der Waals surface area contributed by atoms with Crippen LogP contribution in [0.1, 0.15) is 31.7 Å². The van der Waals surface area contributed by atoms with Gasteiger partial charge in [0.2, 0.25) is 0 Å². The molecule has 124 valence electrons. The van der Waals surface area contributed by atoms with E-state index in [9.17, 15) is 4.79 Å². The Hall–Kier alpha value is -2.47. The Morgan fingerprint density at radius 2 is 2.00 bits per heavy atom. The van der Waals surface area contributed by atoms with Crippen LogP contribution in [0.15, 0.2) is 36.0 Å². The summed E-state index contributed by atoms with van der Waals surface area (Å²) >= 11 is 1.57. The highest BCUT2D eigenvalue weighted by atomic mass is 32.1. The van der Waals surface area contributed by atoms with E-state index in [0.717, 1.165) is 21.3 Å². The third kappa shape index (κ3) is 3.38. The van der Waals surface area contributed by atoms with Gasteiger partial charge in [-0.1, -0.05) is 38.1 Å². The van der Waals surface area contributed by atoms with E-state index in [4.69, 9.17) is 5.11 Å². The van der Waals surface area contributed by atoms with Gasteiger partial charge in [-0.2, -0.15) is 0 Å². The molecule has 0 amide bonds. The Morgan fingerprint density at radius 1 is 1.25 bits per heavy atom. The first kappa shape index (κ1) is 16.4. The molecule has 1 aromatic carbocycles. The zero-order chi connectivity index (χ0) is 17.1. The van der Waals surface area contributed by atoms with Gasteiger partial charge in [0, 0.05) is 17.5 Å². The number of hydrogen-bond acceptors (Lipinski definition) is 5. The molecule has 0 aliphatic heterocycles. The maximum absolute atomic E-state index is 10.7. The Balaban J connectivity index is 1.97. The lowest BCUT2D eigenvalue weighted by Gasteiger charge is -2.09. The van der Waals surface area contributed by atoms with Crippen molar-refractivity contribution in [1.29, 1.82) is 0 Å². The summed E-state index contributed by atoms with van der Waals surface area (Å²) in [6, 6.07) is 8.52. The van der Waals surface area contributed by atoms with Gasteiger partial charge in [-0.15, -0.1) is 11.3 Å². The number of fused-ring (bicyclic) bond motifs is 1. The highest BCUT2D eigenvalue weighted by Gasteiger charge is 2.13. The molecule has 2 N–H and O–H groups in total. The van der Waals surface area contributed by atoms with E-state index in [0.29, 0.717) is 18.3 Å². The smallest absolute Gasteiger partial charge is 0.305 e. The first-order valence-corrected chi connectivity index (χ1v) is 8.72. The van der Waals surface area contributed by atoms with Gasteiger partial charge >= 0.3 is 5.97 Å². The van der Waals surface area contributed by atoms with Gasteiger partial charge < -0.3 is 10.4 Å². The summed E-state index contributed by atoms with van der Waals surface area (Å²) < 4.78 is 0. The van der Waals surface area contributed by atoms with Crippen molar-refractivity contribution in [2.75, 3.05) is 11.9 Å². The van der Waals surface area contributed by atoms with Crippen LogP contribution in [0.4, 0.5) is 5.82 Å². The van der Waals surface area contributed by atoms with Crippen LogP contribution in [0.2, 0.25) is 0 Å². The summed E-state index contributed by atoms with van der Waals surface area (Å²) in [6.07, 6.45) is 1.56. The minimum Gasteiger partial charge on any atom is -0.481 e. The lowest BCUT2D eigenvalue weighted by molar-refractivity contribution is -0.136. The normalized spacial score (nSPS) is 11.1. The first-order chi connectivity index (χ1) is 11.6. The highest BCUT2D eigenvalue weighted by molar-refractivity contribution is 7.17. The van der Waals surface area contributed by atoms with E-state index >= 15 is 0 Å². The monoisotopic (exact) mass is 341 g/mol. The number of nitrogens with one attached hydrogen (secondary N) is 1. The SMILES string of the molecule is CC(C)c1ccc(-c2csc3ncnc(NCCC(=O)O)c23)cc1. The number of carboxylic acids is 1. The molecule has 24 heavy (non-hydrogen) atoms. The number of carboxylic acid groups (broad SMARTS) is 1. The van der Waals surface area contributed by atoms with Crippen molar-refractivity contribution in [3.8, 4) is 11.1 Å². The van der Waals surface area contributed by atoms with Gasteiger partial charge in [-0.05, 0) is 17.0 Å². The first-order valence-electron chi connectivity index (χ1n) is 7.84. The zero-order valence-corrected chi connectivity index (χ0v) is 14.4. The second-order valence-electron chi connectivity index (χ2n) is 5.90. The average Bonchev–Trinajstić information content (AvgIpc) is 2.99. The predicted molar refractivity (Wildman–Crippen MR) is 97.7 cm³/mol. The average molecular weight is 341 g/mol. The second-order valence-corrected chi connectivity index (χ2v) is 6.76. The van der Waals surface area contributed by atoms with E-state index in [1.807, 2.05) is 0 Å². The minimum atomic E-state index is -0.831. The molecule has 2 aromatic heterocycles. The summed E-state index contributed by atoms with van der Waals surface area (Å²) in [5.74, 6) is 0.350. The summed E-state index contributed by atoms with van der Waals surface area (Å²) in [4.78, 5) is 20.2. The Morgan fingerprint density at radius 3 is 2.67 bits per heavy atom. The molecule has 3 aromatic rings. The van der Waals surface area contributed by atoms with Gasteiger partial charge in [0.25, 0.3) is 0 Å². The Kier molecular flexibility index (Phi) is 4.76. The molecule has 0 atom stereocenters. The van der Waals surface area contributed by atoms with E-state index in [2.05, 4.69) is 58.8 Å². The number of aliphatic carboxylic acids is 1.